The van der Waals surface area contributed by atoms with Gasteiger partial charge in [-0.3, -0.25) is 4.98 Å². The van der Waals surface area contributed by atoms with E-state index in [9.17, 15) is 4.79 Å². The maximum Gasteiger partial charge on any atom is 0.319 e. The van der Waals surface area contributed by atoms with E-state index in [0.717, 1.165) is 38.0 Å². The Kier molecular flexibility index (Phi) is 5.09. The highest BCUT2D eigenvalue weighted by molar-refractivity contribution is 7.15. The SMILES string of the molecule is Cc1cccc(NC(=O)NCc2sc(-c3cccnc3)nc2C)c1C. The minimum Gasteiger partial charge on any atom is -0.333 e. The Morgan fingerprint density at radius 3 is 2.76 bits per heavy atom. The second-order valence-electron chi connectivity index (χ2n) is 5.82. The highest BCUT2D eigenvalue weighted by Gasteiger charge is 2.11. The summed E-state index contributed by atoms with van der Waals surface area (Å²) in [6.07, 6.45) is 3.53. The minimum atomic E-state index is -0.218. The van der Waals surface area contributed by atoms with Crippen LogP contribution in [0.5, 0.6) is 0 Å². The number of thiazole rings is 1. The number of hydrogen-bond donors (Lipinski definition) is 2. The third-order valence-corrected chi connectivity index (χ3v) is 5.27. The topological polar surface area (TPSA) is 66.9 Å². The van der Waals surface area contributed by atoms with E-state index in [1.165, 1.54) is 0 Å². The zero-order chi connectivity index (χ0) is 17.8. The third-order valence-electron chi connectivity index (χ3n) is 4.06. The van der Waals surface area contributed by atoms with Gasteiger partial charge in [0.2, 0.25) is 0 Å². The summed E-state index contributed by atoms with van der Waals surface area (Å²) in [5.41, 5.74) is 4.97. The van der Waals surface area contributed by atoms with Gasteiger partial charge in [0.15, 0.2) is 0 Å². The number of benzene rings is 1. The molecule has 0 bridgehead atoms. The van der Waals surface area contributed by atoms with Crippen LogP contribution in [-0.4, -0.2) is 16.0 Å². The first-order valence-corrected chi connectivity index (χ1v) is 8.84. The standard InChI is InChI=1S/C19H20N4OS/c1-12-6-4-8-16(13(12)2)23-19(24)21-11-17-14(3)22-18(25-17)15-7-5-9-20-10-15/h4-10H,11H2,1-3H3,(H2,21,23,24). The Morgan fingerprint density at radius 1 is 1.16 bits per heavy atom. The molecular weight excluding hydrogens is 332 g/mol. The minimum absolute atomic E-state index is 0.218. The molecule has 25 heavy (non-hydrogen) atoms. The van der Waals surface area contributed by atoms with Crippen molar-refractivity contribution < 1.29 is 4.79 Å². The van der Waals surface area contributed by atoms with Crippen molar-refractivity contribution in [2.45, 2.75) is 27.3 Å². The first kappa shape index (κ1) is 17.1. The molecule has 0 aliphatic rings. The number of carbonyl (C=O) groups excluding carboxylic acids is 1. The van der Waals surface area contributed by atoms with E-state index >= 15 is 0 Å². The van der Waals surface area contributed by atoms with Crippen LogP contribution >= 0.6 is 11.3 Å². The number of nitrogens with zero attached hydrogens (tertiary/aromatic N) is 2. The molecule has 0 fully saturated rings. The Hall–Kier alpha value is -2.73. The van der Waals surface area contributed by atoms with E-state index in [2.05, 4.69) is 20.6 Å². The molecule has 5 nitrogen and oxygen atoms in total. The fraction of sp³-hybridized carbons (Fsp3) is 0.211. The quantitative estimate of drug-likeness (QED) is 0.729. The maximum atomic E-state index is 12.2. The van der Waals surface area contributed by atoms with Gasteiger partial charge in [-0.1, -0.05) is 12.1 Å². The molecule has 0 radical (unpaired) electrons. The van der Waals surface area contributed by atoms with Crippen molar-refractivity contribution in [3.05, 3.63) is 64.4 Å². The average Bonchev–Trinajstić information content (AvgIpc) is 2.99. The Balaban J connectivity index is 1.65. The molecular formula is C19H20N4OS. The van der Waals surface area contributed by atoms with Gasteiger partial charge in [0.25, 0.3) is 0 Å². The number of amides is 2. The van der Waals surface area contributed by atoms with Gasteiger partial charge in [-0.15, -0.1) is 11.3 Å². The van der Waals surface area contributed by atoms with Gasteiger partial charge in [-0.25, -0.2) is 9.78 Å². The van der Waals surface area contributed by atoms with E-state index in [0.29, 0.717) is 6.54 Å². The zero-order valence-corrected chi connectivity index (χ0v) is 15.3. The zero-order valence-electron chi connectivity index (χ0n) is 14.5. The summed E-state index contributed by atoms with van der Waals surface area (Å²) in [5, 5.41) is 6.72. The number of aromatic nitrogens is 2. The molecule has 0 saturated carbocycles. The molecule has 3 rings (SSSR count). The van der Waals surface area contributed by atoms with Crippen LogP contribution in [0.25, 0.3) is 10.6 Å². The average molecular weight is 352 g/mol. The van der Waals surface area contributed by atoms with Crippen molar-refractivity contribution in [3.8, 4) is 10.6 Å². The lowest BCUT2D eigenvalue weighted by Crippen LogP contribution is -2.28. The Labute approximate surface area is 151 Å². The molecule has 0 unspecified atom stereocenters. The van der Waals surface area contributed by atoms with Crippen molar-refractivity contribution in [1.82, 2.24) is 15.3 Å². The molecule has 1 aromatic carbocycles. The van der Waals surface area contributed by atoms with Gasteiger partial charge in [-0.05, 0) is 50.1 Å². The van der Waals surface area contributed by atoms with Crippen LogP contribution in [0.15, 0.2) is 42.7 Å². The van der Waals surface area contributed by atoms with Crippen molar-refractivity contribution in [3.63, 3.8) is 0 Å². The van der Waals surface area contributed by atoms with Crippen LogP contribution in [0.3, 0.4) is 0 Å². The number of aryl methyl sites for hydroxylation is 2. The van der Waals surface area contributed by atoms with Crippen LogP contribution in [0, 0.1) is 20.8 Å². The lowest BCUT2D eigenvalue weighted by Gasteiger charge is -2.11. The normalized spacial score (nSPS) is 10.5. The molecule has 0 saturated heterocycles. The van der Waals surface area contributed by atoms with E-state index in [1.54, 1.807) is 23.7 Å². The lowest BCUT2D eigenvalue weighted by molar-refractivity contribution is 0.252. The first-order chi connectivity index (χ1) is 12.0. The smallest absolute Gasteiger partial charge is 0.319 e. The van der Waals surface area contributed by atoms with Gasteiger partial charge in [-0.2, -0.15) is 0 Å². The molecule has 128 valence electrons. The summed E-state index contributed by atoms with van der Waals surface area (Å²) in [6.45, 7) is 6.42. The number of rotatable bonds is 4. The number of anilines is 1. The number of carbonyl (C=O) groups is 1. The summed E-state index contributed by atoms with van der Waals surface area (Å²) in [4.78, 5) is 21.9. The highest BCUT2D eigenvalue weighted by Crippen LogP contribution is 2.27. The molecule has 2 heterocycles. The molecule has 6 heteroatoms. The van der Waals surface area contributed by atoms with Crippen LogP contribution in [0.2, 0.25) is 0 Å². The predicted octanol–water partition coefficient (Wildman–Crippen LogP) is 4.45. The molecule has 3 aromatic rings. The first-order valence-electron chi connectivity index (χ1n) is 8.02. The van der Waals surface area contributed by atoms with Crippen LogP contribution in [0.4, 0.5) is 10.5 Å². The maximum absolute atomic E-state index is 12.2. The van der Waals surface area contributed by atoms with Crippen LogP contribution in [-0.2, 0) is 6.54 Å². The van der Waals surface area contributed by atoms with Crippen LogP contribution < -0.4 is 10.6 Å². The van der Waals surface area contributed by atoms with Crippen molar-refractivity contribution in [1.29, 1.82) is 0 Å². The van der Waals surface area contributed by atoms with Gasteiger partial charge in [0.1, 0.15) is 5.01 Å². The third kappa shape index (κ3) is 4.03. The second kappa shape index (κ2) is 7.44. The Bertz CT molecular complexity index is 890. The predicted molar refractivity (Wildman–Crippen MR) is 102 cm³/mol. The van der Waals surface area contributed by atoms with Crippen molar-refractivity contribution in [2.24, 2.45) is 0 Å². The van der Waals surface area contributed by atoms with Crippen molar-refractivity contribution in [2.75, 3.05) is 5.32 Å². The largest absolute Gasteiger partial charge is 0.333 e. The van der Waals surface area contributed by atoms with Crippen LogP contribution in [0.1, 0.15) is 21.7 Å². The number of urea groups is 1. The summed E-state index contributed by atoms with van der Waals surface area (Å²) in [7, 11) is 0. The fourth-order valence-corrected chi connectivity index (χ4v) is 3.41. The van der Waals surface area contributed by atoms with E-state index in [-0.39, 0.29) is 6.03 Å². The molecule has 0 aliphatic heterocycles. The number of pyridine rings is 1. The van der Waals surface area contributed by atoms with Crippen molar-refractivity contribution >= 4 is 23.1 Å². The van der Waals surface area contributed by atoms with Gasteiger partial charge >= 0.3 is 6.03 Å². The molecule has 0 atom stereocenters. The molecule has 2 aromatic heterocycles. The highest BCUT2D eigenvalue weighted by atomic mass is 32.1. The fourth-order valence-electron chi connectivity index (χ4n) is 2.42. The van der Waals surface area contributed by atoms with E-state index in [1.807, 2.05) is 51.1 Å². The Morgan fingerprint density at radius 2 is 2.00 bits per heavy atom. The van der Waals surface area contributed by atoms with Gasteiger partial charge < -0.3 is 10.6 Å². The van der Waals surface area contributed by atoms with Gasteiger partial charge in [0.05, 0.1) is 12.2 Å². The molecule has 2 amide bonds. The molecule has 0 spiro atoms. The van der Waals surface area contributed by atoms with E-state index < -0.39 is 0 Å². The molecule has 2 N–H and O–H groups in total. The summed E-state index contributed by atoms with van der Waals surface area (Å²) < 4.78 is 0. The molecule has 0 aliphatic carbocycles. The van der Waals surface area contributed by atoms with E-state index in [4.69, 9.17) is 0 Å². The van der Waals surface area contributed by atoms with Gasteiger partial charge in [0, 0.05) is 28.5 Å². The lowest BCUT2D eigenvalue weighted by atomic mass is 10.1. The number of hydrogen-bond acceptors (Lipinski definition) is 4. The second-order valence-corrected chi connectivity index (χ2v) is 6.91. The summed E-state index contributed by atoms with van der Waals surface area (Å²) in [5.74, 6) is 0. The monoisotopic (exact) mass is 352 g/mol. The summed E-state index contributed by atoms with van der Waals surface area (Å²) in [6, 6.07) is 9.52. The summed E-state index contributed by atoms with van der Waals surface area (Å²) >= 11 is 1.57. The number of nitrogens with one attached hydrogen (secondary N) is 2.